The maximum absolute atomic E-state index is 5.30. The van der Waals surface area contributed by atoms with E-state index in [0.717, 1.165) is 19.3 Å². The van der Waals surface area contributed by atoms with Gasteiger partial charge in [-0.2, -0.15) is 0 Å². The van der Waals surface area contributed by atoms with Crippen LogP contribution in [0.15, 0.2) is 24.3 Å². The topological polar surface area (TPSA) is 12.0 Å². The fourth-order valence-corrected chi connectivity index (χ4v) is 1.88. The highest BCUT2D eigenvalue weighted by Crippen LogP contribution is 2.22. The van der Waals surface area contributed by atoms with Gasteiger partial charge < -0.3 is 5.32 Å². The lowest BCUT2D eigenvalue weighted by Gasteiger charge is -2.18. The summed E-state index contributed by atoms with van der Waals surface area (Å²) in [5.41, 5.74) is 2.80. The molecule has 0 saturated heterocycles. The minimum Gasteiger partial charge on any atom is -0.313 e. The average molecular weight is 201 g/mol. The zero-order chi connectivity index (χ0) is 11.1. The van der Waals surface area contributed by atoms with Gasteiger partial charge in [-0.25, -0.2) is 0 Å². The van der Waals surface area contributed by atoms with Gasteiger partial charge in [0.2, 0.25) is 0 Å². The molecule has 0 amide bonds. The number of nitrogens with one attached hydrogen (secondary N) is 1. The average Bonchev–Trinajstić information content (AvgIpc) is 2.30. The number of benzene rings is 1. The first-order chi connectivity index (χ1) is 7.33. The van der Waals surface area contributed by atoms with E-state index < -0.39 is 0 Å². The van der Waals surface area contributed by atoms with Crippen molar-refractivity contribution < 1.29 is 0 Å². The van der Waals surface area contributed by atoms with Crippen LogP contribution in [-0.4, -0.2) is 7.05 Å². The third-order valence-corrected chi connectivity index (χ3v) is 2.74. The number of hydrogen-bond donors (Lipinski definition) is 1. The molecule has 0 aliphatic rings. The summed E-state index contributed by atoms with van der Waals surface area (Å²) >= 11 is 0. The van der Waals surface area contributed by atoms with Crippen LogP contribution in [0.25, 0.3) is 0 Å². The molecule has 1 N–H and O–H groups in total. The number of rotatable bonds is 5. The van der Waals surface area contributed by atoms with E-state index in [2.05, 4.69) is 42.4 Å². The maximum Gasteiger partial charge on any atom is 0.0329 e. The third-order valence-electron chi connectivity index (χ3n) is 2.74. The van der Waals surface area contributed by atoms with Gasteiger partial charge in [0.05, 0.1) is 0 Å². The molecule has 15 heavy (non-hydrogen) atoms. The molecule has 1 nitrogen and oxygen atoms in total. The van der Waals surface area contributed by atoms with Gasteiger partial charge in [0.1, 0.15) is 0 Å². The van der Waals surface area contributed by atoms with Crippen LogP contribution in [0.3, 0.4) is 0 Å². The summed E-state index contributed by atoms with van der Waals surface area (Å²) in [6.07, 6.45) is 8.20. The zero-order valence-corrected chi connectivity index (χ0v) is 9.59. The Morgan fingerprint density at radius 3 is 2.73 bits per heavy atom. The van der Waals surface area contributed by atoms with Crippen LogP contribution >= 0.6 is 0 Å². The summed E-state index contributed by atoms with van der Waals surface area (Å²) in [6.45, 7) is 2.19. The Bertz CT molecular complexity index is 335. The van der Waals surface area contributed by atoms with Crippen LogP contribution in [0.5, 0.6) is 0 Å². The molecular formula is C14H19N. The molecule has 0 aliphatic heterocycles. The quantitative estimate of drug-likeness (QED) is 0.722. The number of terminal acetylenes is 1. The van der Waals surface area contributed by atoms with Crippen LogP contribution in [0.4, 0.5) is 0 Å². The van der Waals surface area contributed by atoms with Crippen molar-refractivity contribution in [3.8, 4) is 12.3 Å². The van der Waals surface area contributed by atoms with E-state index in [0.29, 0.717) is 6.04 Å². The molecule has 1 rings (SSSR count). The second kappa shape index (κ2) is 6.27. The Morgan fingerprint density at radius 1 is 1.40 bits per heavy atom. The van der Waals surface area contributed by atoms with Crippen molar-refractivity contribution in [2.45, 2.75) is 32.2 Å². The van der Waals surface area contributed by atoms with Crippen LogP contribution in [-0.2, 0) is 6.42 Å². The van der Waals surface area contributed by atoms with E-state index in [4.69, 9.17) is 6.42 Å². The highest BCUT2D eigenvalue weighted by molar-refractivity contribution is 5.30. The summed E-state index contributed by atoms with van der Waals surface area (Å²) in [5, 5.41) is 3.33. The molecule has 80 valence electrons. The molecule has 0 spiro atoms. The molecule has 0 fully saturated rings. The molecule has 1 heteroatoms. The van der Waals surface area contributed by atoms with Gasteiger partial charge in [-0.15, -0.1) is 12.3 Å². The van der Waals surface area contributed by atoms with Gasteiger partial charge in [0.25, 0.3) is 0 Å². The van der Waals surface area contributed by atoms with Gasteiger partial charge in [-0.05, 0) is 31.0 Å². The lowest BCUT2D eigenvalue weighted by atomic mass is 9.96. The monoisotopic (exact) mass is 201 g/mol. The Hall–Kier alpha value is -1.26. The van der Waals surface area contributed by atoms with Crippen molar-refractivity contribution in [2.24, 2.45) is 0 Å². The summed E-state index contributed by atoms with van der Waals surface area (Å²) < 4.78 is 0. The van der Waals surface area contributed by atoms with Crippen molar-refractivity contribution >= 4 is 0 Å². The Balaban J connectivity index is 2.86. The second-order valence-corrected chi connectivity index (χ2v) is 3.64. The first kappa shape index (κ1) is 11.8. The first-order valence-corrected chi connectivity index (χ1v) is 5.52. The van der Waals surface area contributed by atoms with E-state index >= 15 is 0 Å². The van der Waals surface area contributed by atoms with Gasteiger partial charge in [-0.3, -0.25) is 0 Å². The van der Waals surface area contributed by atoms with E-state index in [9.17, 15) is 0 Å². The Kier molecular flexibility index (Phi) is 4.93. The van der Waals surface area contributed by atoms with Crippen molar-refractivity contribution in [2.75, 3.05) is 7.05 Å². The predicted octanol–water partition coefficient (Wildman–Crippen LogP) is 2.92. The molecule has 0 aromatic heterocycles. The second-order valence-electron chi connectivity index (χ2n) is 3.64. The zero-order valence-electron chi connectivity index (χ0n) is 9.59. The van der Waals surface area contributed by atoms with Crippen molar-refractivity contribution in [1.29, 1.82) is 0 Å². The SMILES string of the molecule is C#CCCC(NC)c1ccccc1CC. The maximum atomic E-state index is 5.30. The van der Waals surface area contributed by atoms with E-state index in [1.807, 2.05) is 7.05 Å². The Morgan fingerprint density at radius 2 is 2.13 bits per heavy atom. The van der Waals surface area contributed by atoms with E-state index in [1.54, 1.807) is 0 Å². The van der Waals surface area contributed by atoms with Crippen molar-refractivity contribution in [3.63, 3.8) is 0 Å². The normalized spacial score (nSPS) is 12.1. The van der Waals surface area contributed by atoms with Crippen molar-refractivity contribution in [1.82, 2.24) is 5.32 Å². The summed E-state index contributed by atoms with van der Waals surface area (Å²) in [7, 11) is 1.99. The molecular weight excluding hydrogens is 182 g/mol. The summed E-state index contributed by atoms with van der Waals surface area (Å²) in [4.78, 5) is 0. The highest BCUT2D eigenvalue weighted by Gasteiger charge is 2.10. The minimum atomic E-state index is 0.386. The number of hydrogen-bond acceptors (Lipinski definition) is 1. The molecule has 1 aromatic carbocycles. The molecule has 0 radical (unpaired) electrons. The predicted molar refractivity (Wildman–Crippen MR) is 65.7 cm³/mol. The Labute approximate surface area is 92.9 Å². The molecule has 0 heterocycles. The molecule has 1 aromatic rings. The smallest absolute Gasteiger partial charge is 0.0329 e. The van der Waals surface area contributed by atoms with E-state index in [1.165, 1.54) is 11.1 Å². The number of aryl methyl sites for hydroxylation is 1. The fourth-order valence-electron chi connectivity index (χ4n) is 1.88. The summed E-state index contributed by atoms with van der Waals surface area (Å²) in [6, 6.07) is 8.95. The minimum absolute atomic E-state index is 0.386. The largest absolute Gasteiger partial charge is 0.313 e. The van der Waals surface area contributed by atoms with Crippen LogP contribution in [0.2, 0.25) is 0 Å². The third kappa shape index (κ3) is 3.11. The molecule has 1 unspecified atom stereocenters. The molecule has 0 saturated carbocycles. The molecule has 0 aliphatic carbocycles. The van der Waals surface area contributed by atoms with Gasteiger partial charge in [0.15, 0.2) is 0 Å². The first-order valence-electron chi connectivity index (χ1n) is 5.52. The van der Waals surface area contributed by atoms with Crippen molar-refractivity contribution in [3.05, 3.63) is 35.4 Å². The van der Waals surface area contributed by atoms with E-state index in [-0.39, 0.29) is 0 Å². The molecule has 0 bridgehead atoms. The lowest BCUT2D eigenvalue weighted by Crippen LogP contribution is -2.17. The van der Waals surface area contributed by atoms with Crippen LogP contribution in [0.1, 0.15) is 36.9 Å². The fraction of sp³-hybridized carbons (Fsp3) is 0.429. The highest BCUT2D eigenvalue weighted by atomic mass is 14.9. The molecule has 1 atom stereocenters. The van der Waals surface area contributed by atoms with Gasteiger partial charge >= 0.3 is 0 Å². The standard InChI is InChI=1S/C14H19N/c1-4-6-11-14(15-3)13-10-8-7-9-12(13)5-2/h1,7-10,14-15H,5-6,11H2,2-3H3. The summed E-state index contributed by atoms with van der Waals surface area (Å²) in [5.74, 6) is 2.70. The van der Waals surface area contributed by atoms with Crippen LogP contribution in [0, 0.1) is 12.3 Å². The lowest BCUT2D eigenvalue weighted by molar-refractivity contribution is 0.554. The van der Waals surface area contributed by atoms with Gasteiger partial charge in [0, 0.05) is 12.5 Å². The van der Waals surface area contributed by atoms with Gasteiger partial charge in [-0.1, -0.05) is 31.2 Å². The van der Waals surface area contributed by atoms with Crippen LogP contribution < -0.4 is 5.32 Å².